The molecule has 0 amide bonds. The maximum absolute atomic E-state index is 9.42. The van der Waals surface area contributed by atoms with Crippen LogP contribution in [0, 0.1) is 5.41 Å². The van der Waals surface area contributed by atoms with Crippen LogP contribution in [0.25, 0.3) is 0 Å². The number of nitrogens with two attached hydrogens (primary N) is 1. The topological polar surface area (TPSA) is 46.2 Å². The molecule has 1 aliphatic rings. The third-order valence-corrected chi connectivity index (χ3v) is 4.44. The maximum Gasteiger partial charge on any atom is 0.0508 e. The molecule has 0 aliphatic heterocycles. The lowest BCUT2D eigenvalue weighted by Crippen LogP contribution is -2.27. The van der Waals surface area contributed by atoms with E-state index in [1.165, 1.54) is 5.56 Å². The molecule has 3 N–H and O–H groups in total. The van der Waals surface area contributed by atoms with Crippen LogP contribution in [-0.2, 0) is 5.41 Å². The van der Waals surface area contributed by atoms with Gasteiger partial charge in [-0.1, -0.05) is 35.0 Å². The first-order valence-corrected chi connectivity index (χ1v) is 5.94. The predicted molar refractivity (Wildman–Crippen MR) is 64.7 cm³/mol. The third-order valence-electron chi connectivity index (χ3n) is 3.91. The molecule has 2 nitrogen and oxygen atoms in total. The van der Waals surface area contributed by atoms with Crippen molar-refractivity contribution in [3.05, 3.63) is 34.3 Å². The fraction of sp³-hybridized carbons (Fsp3) is 0.500. The predicted octanol–water partition coefficient (Wildman–Crippen LogP) is 2.05. The largest absolute Gasteiger partial charge is 0.396 e. The molecule has 0 spiro atoms. The summed E-state index contributed by atoms with van der Waals surface area (Å²) in [5, 5.41) is 9.42. The summed E-state index contributed by atoms with van der Waals surface area (Å²) >= 11 is 3.42. The van der Waals surface area contributed by atoms with Crippen LogP contribution in [0.4, 0.5) is 0 Å². The highest BCUT2D eigenvalue weighted by molar-refractivity contribution is 9.10. The van der Waals surface area contributed by atoms with Crippen molar-refractivity contribution in [3.8, 4) is 0 Å². The van der Waals surface area contributed by atoms with E-state index in [4.69, 9.17) is 5.73 Å². The second kappa shape index (κ2) is 3.58. The zero-order chi connectivity index (χ0) is 11.1. The molecule has 1 fully saturated rings. The molecule has 3 heteroatoms. The highest BCUT2D eigenvalue weighted by Crippen LogP contribution is 2.63. The molecule has 1 aliphatic carbocycles. The first-order chi connectivity index (χ1) is 7.08. The Labute approximate surface area is 98.6 Å². The Morgan fingerprint density at radius 1 is 1.40 bits per heavy atom. The quantitative estimate of drug-likeness (QED) is 0.883. The molecule has 1 aromatic rings. The van der Waals surface area contributed by atoms with Crippen molar-refractivity contribution in [1.82, 2.24) is 0 Å². The lowest BCUT2D eigenvalue weighted by Gasteiger charge is -2.19. The van der Waals surface area contributed by atoms with E-state index in [1.807, 2.05) is 12.1 Å². The molecular weight excluding hydrogens is 254 g/mol. The van der Waals surface area contributed by atoms with Gasteiger partial charge in [0.1, 0.15) is 0 Å². The van der Waals surface area contributed by atoms with Crippen LogP contribution >= 0.6 is 15.9 Å². The number of hydrogen-bond donors (Lipinski definition) is 2. The van der Waals surface area contributed by atoms with Gasteiger partial charge in [0.2, 0.25) is 0 Å². The first kappa shape index (κ1) is 11.1. The molecule has 82 valence electrons. The number of benzene rings is 1. The maximum atomic E-state index is 9.42. The summed E-state index contributed by atoms with van der Waals surface area (Å²) in [7, 11) is 0. The minimum absolute atomic E-state index is 0.0528. The molecule has 0 saturated heterocycles. The number of rotatable bonds is 3. The van der Waals surface area contributed by atoms with Gasteiger partial charge in [0.15, 0.2) is 0 Å². The lowest BCUT2D eigenvalue weighted by molar-refractivity contribution is 0.198. The minimum Gasteiger partial charge on any atom is -0.396 e. The number of hydrogen-bond acceptors (Lipinski definition) is 2. The molecular formula is C12H16BrNO. The van der Waals surface area contributed by atoms with Crippen LogP contribution in [0.1, 0.15) is 18.9 Å². The van der Waals surface area contributed by atoms with Crippen LogP contribution < -0.4 is 5.73 Å². The van der Waals surface area contributed by atoms with Gasteiger partial charge in [-0.3, -0.25) is 0 Å². The summed E-state index contributed by atoms with van der Waals surface area (Å²) in [6.07, 6.45) is 0.981. The SMILES string of the molecule is CC1(c2ccc(Br)cc2)CC1(CN)CO. The smallest absolute Gasteiger partial charge is 0.0508 e. The van der Waals surface area contributed by atoms with E-state index in [9.17, 15) is 5.11 Å². The summed E-state index contributed by atoms with van der Waals surface area (Å²) in [4.78, 5) is 0. The summed E-state index contributed by atoms with van der Waals surface area (Å²) in [5.41, 5.74) is 6.98. The minimum atomic E-state index is -0.0964. The Hall–Kier alpha value is -0.380. The van der Waals surface area contributed by atoms with Gasteiger partial charge in [-0.15, -0.1) is 0 Å². The number of aliphatic hydroxyl groups is 1. The van der Waals surface area contributed by atoms with Crippen LogP contribution in [-0.4, -0.2) is 18.3 Å². The van der Waals surface area contributed by atoms with Crippen LogP contribution in [0.3, 0.4) is 0 Å². The Morgan fingerprint density at radius 3 is 2.40 bits per heavy atom. The third kappa shape index (κ3) is 1.53. The zero-order valence-corrected chi connectivity index (χ0v) is 10.4. The van der Waals surface area contributed by atoms with Crippen molar-refractivity contribution in [2.75, 3.05) is 13.2 Å². The van der Waals surface area contributed by atoms with Crippen molar-refractivity contribution >= 4 is 15.9 Å². The highest BCUT2D eigenvalue weighted by Gasteiger charge is 2.63. The van der Waals surface area contributed by atoms with E-state index >= 15 is 0 Å². The Balaban J connectivity index is 2.30. The number of aliphatic hydroxyl groups excluding tert-OH is 1. The summed E-state index contributed by atoms with van der Waals surface area (Å²) in [6, 6.07) is 8.30. The van der Waals surface area contributed by atoms with Crippen LogP contribution in [0.5, 0.6) is 0 Å². The normalized spacial score (nSPS) is 34.1. The average Bonchev–Trinajstić information content (AvgIpc) is 2.87. The van der Waals surface area contributed by atoms with Gasteiger partial charge in [-0.2, -0.15) is 0 Å². The van der Waals surface area contributed by atoms with E-state index < -0.39 is 0 Å². The van der Waals surface area contributed by atoms with Gasteiger partial charge >= 0.3 is 0 Å². The van der Waals surface area contributed by atoms with Crippen molar-refractivity contribution in [3.63, 3.8) is 0 Å². The van der Waals surface area contributed by atoms with Gasteiger partial charge < -0.3 is 10.8 Å². The number of halogens is 1. The summed E-state index contributed by atoms with van der Waals surface area (Å²) in [5.74, 6) is 0. The van der Waals surface area contributed by atoms with Crippen molar-refractivity contribution in [2.45, 2.75) is 18.8 Å². The first-order valence-electron chi connectivity index (χ1n) is 5.15. The van der Waals surface area contributed by atoms with Crippen molar-refractivity contribution < 1.29 is 5.11 Å². The van der Waals surface area contributed by atoms with Gasteiger partial charge in [0, 0.05) is 21.8 Å². The molecule has 0 heterocycles. The van der Waals surface area contributed by atoms with Gasteiger partial charge in [-0.25, -0.2) is 0 Å². The molecule has 0 radical (unpaired) electrons. The molecule has 1 saturated carbocycles. The Bertz CT molecular complexity index is 358. The van der Waals surface area contributed by atoms with E-state index in [0.717, 1.165) is 10.9 Å². The van der Waals surface area contributed by atoms with Crippen molar-refractivity contribution in [1.29, 1.82) is 0 Å². The standard InChI is InChI=1S/C12H16BrNO/c1-11(6-12(11,7-14)8-15)9-2-4-10(13)5-3-9/h2-5,15H,6-8,14H2,1H3. The molecule has 1 aromatic carbocycles. The molecule has 2 rings (SSSR count). The summed E-state index contributed by atoms with van der Waals surface area (Å²) < 4.78 is 1.08. The van der Waals surface area contributed by atoms with Crippen LogP contribution in [0.2, 0.25) is 0 Å². The highest BCUT2D eigenvalue weighted by atomic mass is 79.9. The van der Waals surface area contributed by atoms with E-state index in [2.05, 4.69) is 35.0 Å². The van der Waals surface area contributed by atoms with Crippen LogP contribution in [0.15, 0.2) is 28.7 Å². The molecule has 15 heavy (non-hydrogen) atoms. The van der Waals surface area contributed by atoms with E-state index in [0.29, 0.717) is 6.54 Å². The Morgan fingerprint density at radius 2 is 2.00 bits per heavy atom. The second-order valence-electron chi connectivity index (χ2n) is 4.66. The van der Waals surface area contributed by atoms with Gasteiger partial charge in [0.25, 0.3) is 0 Å². The van der Waals surface area contributed by atoms with Crippen molar-refractivity contribution in [2.24, 2.45) is 11.1 Å². The molecule has 2 atom stereocenters. The lowest BCUT2D eigenvalue weighted by atomic mass is 9.88. The summed E-state index contributed by atoms with van der Waals surface area (Å²) in [6.45, 7) is 2.91. The molecule has 2 unspecified atom stereocenters. The van der Waals surface area contributed by atoms with E-state index in [-0.39, 0.29) is 17.4 Å². The monoisotopic (exact) mass is 269 g/mol. The average molecular weight is 270 g/mol. The zero-order valence-electron chi connectivity index (χ0n) is 8.83. The Kier molecular flexibility index (Phi) is 2.65. The van der Waals surface area contributed by atoms with E-state index in [1.54, 1.807) is 0 Å². The molecule has 0 aromatic heterocycles. The second-order valence-corrected chi connectivity index (χ2v) is 5.57. The fourth-order valence-electron chi connectivity index (χ4n) is 2.45. The molecule has 0 bridgehead atoms. The van der Waals surface area contributed by atoms with Gasteiger partial charge in [-0.05, 0) is 24.1 Å². The van der Waals surface area contributed by atoms with Gasteiger partial charge in [0.05, 0.1) is 6.61 Å². The fourth-order valence-corrected chi connectivity index (χ4v) is 2.72.